The Hall–Kier alpha value is -2.06. The predicted octanol–water partition coefficient (Wildman–Crippen LogP) is -0.107. The second-order valence-electron chi connectivity index (χ2n) is 19.9. The van der Waals surface area contributed by atoms with Gasteiger partial charge in [0.1, 0.15) is 18.4 Å². The van der Waals surface area contributed by atoms with E-state index in [0.717, 1.165) is 90.4 Å². The molecular weight excluding hydrogens is 765 g/mol. The average molecular weight is 845 g/mol. The van der Waals surface area contributed by atoms with Gasteiger partial charge in [-0.1, -0.05) is 5.92 Å². The van der Waals surface area contributed by atoms with E-state index in [-0.39, 0.29) is 66.5 Å². The maximum Gasteiger partial charge on any atom is 0.341 e. The average Bonchev–Trinajstić information content (AvgIpc) is 3.25. The standard InChI is InChI=1S/C46H78N6O8/c1-28(53)58-34-25-40(60-41(26-34)33-23-38(55)45(56)43(24-33)57-19-15-30-7-4-16-49-27-30)32-8-2-9-35-36(52-46(48)51-17-5-6-29-14-18-50-44(47)22-29)10-3-11-39(35)59-42-21-31(20-32)12-13-37(42)54/h29-45,49-50,54-56H,3-8,10-27,47H2,1H3,(H3,48,51,52)/p+2/t29?,30?,31?,32-,33?,34+,35-,36+,37?,38?,39-,40-,41+,42?,43?,44?,45?/m1/s1. The molecule has 7 aliphatic rings. The normalized spacial score (nSPS) is 43.0. The van der Waals surface area contributed by atoms with Crippen LogP contribution >= 0.6 is 0 Å². The summed E-state index contributed by atoms with van der Waals surface area (Å²) in [7, 11) is 0. The van der Waals surface area contributed by atoms with E-state index >= 15 is 0 Å². The van der Waals surface area contributed by atoms with E-state index in [0.29, 0.717) is 68.8 Å². The van der Waals surface area contributed by atoms with Gasteiger partial charge in [0.25, 0.3) is 0 Å². The second-order valence-corrected chi connectivity index (χ2v) is 19.9. The molecule has 0 spiro atoms. The molecule has 14 heteroatoms. The number of piperidine rings is 2. The topological polar surface area (TPSA) is 221 Å². The van der Waals surface area contributed by atoms with E-state index in [1.807, 2.05) is 0 Å². The summed E-state index contributed by atoms with van der Waals surface area (Å²) < 4.78 is 26.2. The van der Waals surface area contributed by atoms with Gasteiger partial charge in [0.15, 0.2) is 0 Å². The van der Waals surface area contributed by atoms with Crippen LogP contribution in [0.25, 0.3) is 0 Å². The number of hydrogen-bond donors (Lipinski definition) is 9. The maximum absolute atomic E-state index is 12.4. The number of fused-ring (bicyclic) bond motifs is 3. The van der Waals surface area contributed by atoms with E-state index in [2.05, 4.69) is 32.8 Å². The summed E-state index contributed by atoms with van der Waals surface area (Å²) in [4.78, 5) is 15.8. The summed E-state index contributed by atoms with van der Waals surface area (Å²) in [6, 6.07) is 0.0117. The molecule has 0 radical (unpaired) electrons. The van der Waals surface area contributed by atoms with Crippen molar-refractivity contribution in [2.24, 2.45) is 47.0 Å². The first kappa shape index (κ1) is 45.9. The van der Waals surface area contributed by atoms with Crippen molar-refractivity contribution in [1.29, 1.82) is 0 Å². The lowest BCUT2D eigenvalue weighted by molar-refractivity contribution is -0.699. The molecule has 0 aromatic rings. The highest BCUT2D eigenvalue weighted by molar-refractivity contribution is 5.72. The van der Waals surface area contributed by atoms with Crippen molar-refractivity contribution < 1.29 is 49.4 Å². The minimum atomic E-state index is -0.945. The maximum atomic E-state index is 12.4. The minimum absolute atomic E-state index is 0.0117. The summed E-state index contributed by atoms with van der Waals surface area (Å²) >= 11 is 0. The Morgan fingerprint density at radius 2 is 1.72 bits per heavy atom. The van der Waals surface area contributed by atoms with Crippen LogP contribution in [0.4, 0.5) is 0 Å². The van der Waals surface area contributed by atoms with Gasteiger partial charge in [-0.2, -0.15) is 0 Å². The van der Waals surface area contributed by atoms with E-state index < -0.39 is 24.4 Å². The Morgan fingerprint density at radius 1 is 0.883 bits per heavy atom. The van der Waals surface area contributed by atoms with Crippen molar-refractivity contribution in [2.75, 3.05) is 32.8 Å². The lowest BCUT2D eigenvalue weighted by Gasteiger charge is -2.46. The number of aliphatic hydroxyl groups excluding tert-OH is 3. The number of quaternary nitrogens is 1. The zero-order chi connectivity index (χ0) is 42.0. The van der Waals surface area contributed by atoms with Crippen molar-refractivity contribution in [1.82, 2.24) is 10.6 Å². The Bertz CT molecular complexity index is 1440. The minimum Gasteiger partial charge on any atom is -0.462 e. The molecule has 4 heterocycles. The SMILES string of the molecule is CC(=O)O[C@@H]1C[C@@H](C2CC(O)C(O)C(OCCC3CCCNC3)C2)O[C@@H]([C@@H]2CC#C[C@@H]3[C@@H](NC(N)=[NH+]CCCC4CC[NH2+]C(N)C4)CCC[C@H]3OC3CC(CCC3O)C2)C1. The first-order chi connectivity index (χ1) is 29.1. The highest BCUT2D eigenvalue weighted by Gasteiger charge is 2.46. The van der Waals surface area contributed by atoms with E-state index in [9.17, 15) is 20.1 Å². The zero-order valence-electron chi connectivity index (χ0n) is 36.4. The smallest absolute Gasteiger partial charge is 0.341 e. The fourth-order valence-electron chi connectivity index (χ4n) is 12.0. The molecule has 340 valence electrons. The van der Waals surface area contributed by atoms with Gasteiger partial charge in [0.2, 0.25) is 0 Å². The largest absolute Gasteiger partial charge is 0.462 e. The lowest BCUT2D eigenvalue weighted by Crippen LogP contribution is -2.94. The molecule has 12 N–H and O–H groups in total. The summed E-state index contributed by atoms with van der Waals surface area (Å²) in [5.74, 6) is 9.09. The third-order valence-corrected chi connectivity index (χ3v) is 15.3. The third-order valence-electron chi connectivity index (χ3n) is 15.3. The van der Waals surface area contributed by atoms with Gasteiger partial charge in [-0.25, -0.2) is 0 Å². The molecule has 6 fully saturated rings. The summed E-state index contributed by atoms with van der Waals surface area (Å²) in [5.41, 5.74) is 12.8. The zero-order valence-corrected chi connectivity index (χ0v) is 36.4. The van der Waals surface area contributed by atoms with Crippen molar-refractivity contribution in [3.05, 3.63) is 0 Å². The van der Waals surface area contributed by atoms with Gasteiger partial charge in [0.05, 0.1) is 67.8 Å². The van der Waals surface area contributed by atoms with E-state index in [1.54, 1.807) is 0 Å². The summed E-state index contributed by atoms with van der Waals surface area (Å²) in [6.07, 6.45) is 12.8. The molecule has 60 heavy (non-hydrogen) atoms. The van der Waals surface area contributed by atoms with Crippen LogP contribution in [0.5, 0.6) is 0 Å². The van der Waals surface area contributed by atoms with Gasteiger partial charge in [-0.3, -0.25) is 26.6 Å². The fraction of sp³-hybridized carbons (Fsp3) is 0.913. The third kappa shape index (κ3) is 13.0. The molecule has 14 nitrogen and oxygen atoms in total. The van der Waals surface area contributed by atoms with Crippen molar-refractivity contribution in [3.8, 4) is 11.8 Å². The van der Waals surface area contributed by atoms with Crippen LogP contribution in [-0.4, -0.2) is 127 Å². The monoisotopic (exact) mass is 845 g/mol. The first-order valence-electron chi connectivity index (χ1n) is 24.1. The van der Waals surface area contributed by atoms with Gasteiger partial charge in [-0.15, -0.1) is 5.92 Å². The number of carbonyl (C=O) groups excluding carboxylic acids is 1. The molecule has 3 saturated carbocycles. The fourth-order valence-corrected chi connectivity index (χ4v) is 12.0. The van der Waals surface area contributed by atoms with Crippen LogP contribution in [0.2, 0.25) is 0 Å². The molecule has 17 atom stereocenters. The lowest BCUT2D eigenvalue weighted by atomic mass is 9.74. The van der Waals surface area contributed by atoms with Crippen LogP contribution in [0, 0.1) is 47.3 Å². The van der Waals surface area contributed by atoms with Crippen LogP contribution < -0.4 is 32.4 Å². The molecule has 2 bridgehead atoms. The van der Waals surface area contributed by atoms with Crippen molar-refractivity contribution in [3.63, 3.8) is 0 Å². The molecule has 10 unspecified atom stereocenters. The highest BCUT2D eigenvalue weighted by Crippen LogP contribution is 2.42. The second kappa shape index (κ2) is 22.5. The number of nitrogens with one attached hydrogen (secondary N) is 3. The van der Waals surface area contributed by atoms with Gasteiger partial charge >= 0.3 is 11.9 Å². The van der Waals surface area contributed by atoms with Crippen LogP contribution in [0.1, 0.15) is 129 Å². The summed E-state index contributed by atoms with van der Waals surface area (Å²) in [5, 5.41) is 42.7. The number of ether oxygens (including phenoxy) is 4. The number of aliphatic hydroxyl groups is 3. The van der Waals surface area contributed by atoms with Crippen LogP contribution in [-0.2, 0) is 23.7 Å². The summed E-state index contributed by atoms with van der Waals surface area (Å²) in [6.45, 7) is 5.99. The van der Waals surface area contributed by atoms with Crippen LogP contribution in [0.3, 0.4) is 0 Å². The Labute approximate surface area is 358 Å². The molecule has 7 rings (SSSR count). The molecule has 0 aromatic carbocycles. The van der Waals surface area contributed by atoms with E-state index in [1.165, 1.54) is 26.2 Å². The molecule has 0 amide bonds. The Morgan fingerprint density at radius 3 is 2.52 bits per heavy atom. The predicted molar refractivity (Wildman–Crippen MR) is 227 cm³/mol. The number of hydrogen-bond acceptors (Lipinski definition) is 10. The molecular formula is C46H80N6O8+2. The molecule has 3 aliphatic carbocycles. The Balaban J connectivity index is 1.04. The number of esters is 1. The van der Waals surface area contributed by atoms with Crippen LogP contribution in [0.15, 0.2) is 0 Å². The molecule has 3 saturated heterocycles. The Kier molecular flexibility index (Phi) is 17.2. The van der Waals surface area contributed by atoms with Gasteiger partial charge in [0, 0.05) is 39.2 Å². The number of carbonyl (C=O) groups is 1. The number of rotatable bonds is 12. The number of nitrogens with two attached hydrogens (primary N) is 3. The van der Waals surface area contributed by atoms with Gasteiger partial charge in [-0.05, 0) is 139 Å². The number of guanidine groups is 1. The van der Waals surface area contributed by atoms with Crippen molar-refractivity contribution in [2.45, 2.75) is 196 Å². The van der Waals surface area contributed by atoms with Crippen molar-refractivity contribution >= 4 is 11.9 Å². The quantitative estimate of drug-likeness (QED) is 0.0414. The first-order valence-corrected chi connectivity index (χ1v) is 24.1. The molecule has 0 aromatic heterocycles. The highest BCUT2D eigenvalue weighted by atomic mass is 16.6. The van der Waals surface area contributed by atoms with E-state index in [4.69, 9.17) is 30.4 Å². The van der Waals surface area contributed by atoms with Gasteiger partial charge < -0.3 is 44.9 Å². The molecule has 4 aliphatic heterocycles.